The summed E-state index contributed by atoms with van der Waals surface area (Å²) in [6, 6.07) is 5.28. The molecule has 0 aromatic carbocycles. The average molecular weight is 289 g/mol. The Morgan fingerprint density at radius 1 is 1.24 bits per heavy atom. The molecular weight excluding hydrogens is 258 g/mol. The van der Waals surface area contributed by atoms with Crippen LogP contribution in [-0.2, 0) is 6.42 Å². The summed E-state index contributed by atoms with van der Waals surface area (Å²) < 4.78 is 0. The zero-order valence-electron chi connectivity index (χ0n) is 13.9. The predicted molar refractivity (Wildman–Crippen MR) is 90.6 cm³/mol. The van der Waals surface area contributed by atoms with Crippen LogP contribution in [0.15, 0.2) is 18.3 Å². The van der Waals surface area contributed by atoms with Gasteiger partial charge in [0.25, 0.3) is 0 Å². The molecule has 1 atom stereocenters. The summed E-state index contributed by atoms with van der Waals surface area (Å²) in [7, 11) is 0. The molecular formula is C18H31N3. The number of rotatable bonds is 7. The third-order valence-corrected chi connectivity index (χ3v) is 4.37. The van der Waals surface area contributed by atoms with E-state index < -0.39 is 0 Å². The van der Waals surface area contributed by atoms with Gasteiger partial charge in [0.05, 0.1) is 0 Å². The van der Waals surface area contributed by atoms with E-state index in [-0.39, 0.29) is 6.04 Å². The first kappa shape index (κ1) is 16.3. The highest BCUT2D eigenvalue weighted by molar-refractivity contribution is 5.41. The van der Waals surface area contributed by atoms with Gasteiger partial charge in [0.15, 0.2) is 0 Å². The Hall–Kier alpha value is -1.09. The second-order valence-corrected chi connectivity index (χ2v) is 7.02. The van der Waals surface area contributed by atoms with Crippen molar-refractivity contribution in [2.75, 3.05) is 11.4 Å². The highest BCUT2D eigenvalue weighted by Gasteiger charge is 2.23. The van der Waals surface area contributed by atoms with Crippen molar-refractivity contribution in [1.29, 1.82) is 0 Å². The van der Waals surface area contributed by atoms with Gasteiger partial charge >= 0.3 is 0 Å². The smallest absolute Gasteiger partial charge is 0.128 e. The minimum Gasteiger partial charge on any atom is -0.354 e. The van der Waals surface area contributed by atoms with E-state index in [1.807, 2.05) is 13.1 Å². The van der Waals surface area contributed by atoms with Crippen molar-refractivity contribution in [3.63, 3.8) is 0 Å². The molecule has 0 aliphatic heterocycles. The molecule has 0 saturated heterocycles. The molecule has 3 heteroatoms. The molecule has 0 spiro atoms. The Morgan fingerprint density at radius 3 is 2.48 bits per heavy atom. The maximum absolute atomic E-state index is 5.86. The number of hydrogen-bond acceptors (Lipinski definition) is 3. The van der Waals surface area contributed by atoms with E-state index in [4.69, 9.17) is 10.7 Å². The number of nitrogens with two attached hydrogens (primary N) is 1. The average Bonchev–Trinajstić information content (AvgIpc) is 2.94. The van der Waals surface area contributed by atoms with Gasteiger partial charge in [-0.05, 0) is 50.2 Å². The molecule has 2 N–H and O–H groups in total. The van der Waals surface area contributed by atoms with Crippen molar-refractivity contribution < 1.29 is 0 Å². The summed E-state index contributed by atoms with van der Waals surface area (Å²) in [4.78, 5) is 7.27. The van der Waals surface area contributed by atoms with Crippen molar-refractivity contribution in [2.24, 2.45) is 11.7 Å². The van der Waals surface area contributed by atoms with Crippen LogP contribution < -0.4 is 10.6 Å². The molecule has 1 heterocycles. The molecule has 21 heavy (non-hydrogen) atoms. The third-order valence-electron chi connectivity index (χ3n) is 4.37. The van der Waals surface area contributed by atoms with Crippen molar-refractivity contribution in [3.05, 3.63) is 23.9 Å². The van der Waals surface area contributed by atoms with Gasteiger partial charge in [-0.1, -0.05) is 32.8 Å². The van der Waals surface area contributed by atoms with E-state index in [1.165, 1.54) is 37.7 Å². The van der Waals surface area contributed by atoms with Crippen molar-refractivity contribution >= 4 is 5.82 Å². The van der Waals surface area contributed by atoms with Gasteiger partial charge in [0, 0.05) is 24.8 Å². The van der Waals surface area contributed by atoms with E-state index in [0.717, 1.165) is 24.7 Å². The molecule has 0 radical (unpaired) electrons. The monoisotopic (exact) mass is 289 g/mol. The van der Waals surface area contributed by atoms with Crippen LogP contribution in [-0.4, -0.2) is 23.6 Å². The lowest BCUT2D eigenvalue weighted by Gasteiger charge is -2.31. The van der Waals surface area contributed by atoms with Gasteiger partial charge in [-0.25, -0.2) is 4.98 Å². The molecule has 1 aromatic heterocycles. The van der Waals surface area contributed by atoms with E-state index in [2.05, 4.69) is 30.9 Å². The molecule has 1 unspecified atom stereocenters. The Labute approximate surface area is 129 Å². The molecule has 1 aromatic rings. The Balaban J connectivity index is 2.07. The molecule has 3 nitrogen and oxygen atoms in total. The van der Waals surface area contributed by atoms with Crippen LogP contribution in [0, 0.1) is 5.92 Å². The fourth-order valence-corrected chi connectivity index (χ4v) is 3.18. The van der Waals surface area contributed by atoms with Gasteiger partial charge in [-0.2, -0.15) is 0 Å². The minimum atomic E-state index is 0.199. The quantitative estimate of drug-likeness (QED) is 0.831. The normalized spacial score (nSPS) is 17.4. The first-order valence-electron chi connectivity index (χ1n) is 8.53. The minimum absolute atomic E-state index is 0.199. The van der Waals surface area contributed by atoms with Crippen molar-refractivity contribution in [1.82, 2.24) is 4.98 Å². The Morgan fingerprint density at radius 2 is 1.95 bits per heavy atom. The second kappa shape index (κ2) is 7.79. The van der Waals surface area contributed by atoms with Gasteiger partial charge in [0.1, 0.15) is 5.82 Å². The van der Waals surface area contributed by atoms with Gasteiger partial charge in [-0.15, -0.1) is 0 Å². The lowest BCUT2D eigenvalue weighted by Crippen LogP contribution is -2.35. The number of pyridine rings is 1. The fraction of sp³-hybridized carbons (Fsp3) is 0.722. The molecule has 1 aliphatic carbocycles. The second-order valence-electron chi connectivity index (χ2n) is 7.02. The van der Waals surface area contributed by atoms with Crippen LogP contribution in [0.3, 0.4) is 0 Å². The van der Waals surface area contributed by atoms with Crippen LogP contribution >= 0.6 is 0 Å². The lowest BCUT2D eigenvalue weighted by atomic mass is 10.1. The Bertz CT molecular complexity index is 405. The van der Waals surface area contributed by atoms with Crippen molar-refractivity contribution in [2.45, 2.75) is 71.4 Å². The molecule has 0 amide bonds. The Kier molecular flexibility index (Phi) is 6.04. The largest absolute Gasteiger partial charge is 0.354 e. The van der Waals surface area contributed by atoms with E-state index >= 15 is 0 Å². The zero-order valence-corrected chi connectivity index (χ0v) is 13.9. The summed E-state index contributed by atoms with van der Waals surface area (Å²) in [5, 5.41) is 0. The first-order chi connectivity index (χ1) is 10.1. The standard InChI is InChI=1S/C18H31N3/c1-14(2)10-11-21(17-6-4-5-7-17)18-9-8-16(13-20-18)12-15(3)19/h8-9,13-15,17H,4-7,10-12,19H2,1-3H3. The van der Waals surface area contributed by atoms with Crippen LogP contribution in [0.1, 0.15) is 58.4 Å². The predicted octanol–water partition coefficient (Wildman–Crippen LogP) is 3.77. The summed E-state index contributed by atoms with van der Waals surface area (Å²) in [6.07, 6.45) is 9.53. The van der Waals surface area contributed by atoms with Crippen LogP contribution in [0.2, 0.25) is 0 Å². The lowest BCUT2D eigenvalue weighted by molar-refractivity contribution is 0.525. The van der Waals surface area contributed by atoms with Gasteiger partial charge < -0.3 is 10.6 Å². The van der Waals surface area contributed by atoms with Crippen molar-refractivity contribution in [3.8, 4) is 0 Å². The molecule has 2 rings (SSSR count). The first-order valence-corrected chi connectivity index (χ1v) is 8.53. The summed E-state index contributed by atoms with van der Waals surface area (Å²) in [6.45, 7) is 7.77. The van der Waals surface area contributed by atoms with Crippen LogP contribution in [0.5, 0.6) is 0 Å². The SMILES string of the molecule is CC(C)CCN(c1ccc(CC(C)N)cn1)C1CCCC1. The number of hydrogen-bond donors (Lipinski definition) is 1. The number of anilines is 1. The summed E-state index contributed by atoms with van der Waals surface area (Å²) >= 11 is 0. The third kappa shape index (κ3) is 4.99. The highest BCUT2D eigenvalue weighted by atomic mass is 15.2. The van der Waals surface area contributed by atoms with E-state index in [9.17, 15) is 0 Å². The van der Waals surface area contributed by atoms with Crippen LogP contribution in [0.4, 0.5) is 5.82 Å². The van der Waals surface area contributed by atoms with E-state index in [1.54, 1.807) is 0 Å². The summed E-state index contributed by atoms with van der Waals surface area (Å²) in [5.74, 6) is 1.89. The van der Waals surface area contributed by atoms with Gasteiger partial charge in [-0.3, -0.25) is 0 Å². The highest BCUT2D eigenvalue weighted by Crippen LogP contribution is 2.28. The van der Waals surface area contributed by atoms with Gasteiger partial charge in [0.2, 0.25) is 0 Å². The fourth-order valence-electron chi connectivity index (χ4n) is 3.18. The van der Waals surface area contributed by atoms with Crippen LogP contribution in [0.25, 0.3) is 0 Å². The molecule has 1 saturated carbocycles. The number of nitrogens with zero attached hydrogens (tertiary/aromatic N) is 2. The molecule has 118 valence electrons. The topological polar surface area (TPSA) is 42.1 Å². The molecule has 1 aliphatic rings. The molecule has 0 bridgehead atoms. The maximum Gasteiger partial charge on any atom is 0.128 e. The maximum atomic E-state index is 5.86. The number of aromatic nitrogens is 1. The summed E-state index contributed by atoms with van der Waals surface area (Å²) in [5.41, 5.74) is 7.10. The molecule has 1 fully saturated rings. The zero-order chi connectivity index (χ0) is 15.2. The van der Waals surface area contributed by atoms with E-state index in [0.29, 0.717) is 6.04 Å².